The monoisotopic (exact) mass is 482 g/mol. The molecular weight excluding hydrogens is 452 g/mol. The molecule has 4 rings (SSSR count). The summed E-state index contributed by atoms with van der Waals surface area (Å²) >= 11 is 0. The number of hydrogen-bond donors (Lipinski definition) is 1. The molecular formula is C31H30O5. The predicted octanol–water partition coefficient (Wildman–Crippen LogP) is 7.00. The molecule has 0 spiro atoms. The molecule has 0 heterocycles. The Morgan fingerprint density at radius 3 is 1.94 bits per heavy atom. The van der Waals surface area contributed by atoms with E-state index in [1.807, 2.05) is 110 Å². The van der Waals surface area contributed by atoms with Gasteiger partial charge in [-0.05, 0) is 53.8 Å². The van der Waals surface area contributed by atoms with Gasteiger partial charge in [0.05, 0.1) is 0 Å². The van der Waals surface area contributed by atoms with Crippen molar-refractivity contribution in [1.29, 1.82) is 0 Å². The fourth-order valence-corrected chi connectivity index (χ4v) is 3.77. The zero-order valence-corrected chi connectivity index (χ0v) is 20.3. The summed E-state index contributed by atoms with van der Waals surface area (Å²) in [7, 11) is 0. The summed E-state index contributed by atoms with van der Waals surface area (Å²) in [6.07, 6.45) is 0.233. The summed E-state index contributed by atoms with van der Waals surface area (Å²) in [5.74, 6) is 1.26. The van der Waals surface area contributed by atoms with Gasteiger partial charge < -0.3 is 19.3 Å². The fourth-order valence-electron chi connectivity index (χ4n) is 3.77. The highest BCUT2D eigenvalue weighted by Crippen LogP contribution is 2.30. The zero-order valence-electron chi connectivity index (χ0n) is 20.3. The van der Waals surface area contributed by atoms with Crippen molar-refractivity contribution in [3.63, 3.8) is 0 Å². The fraction of sp³-hybridized carbons (Fsp3) is 0.194. The van der Waals surface area contributed by atoms with E-state index >= 15 is 0 Å². The highest BCUT2D eigenvalue weighted by atomic mass is 16.5. The lowest BCUT2D eigenvalue weighted by Gasteiger charge is -2.18. The van der Waals surface area contributed by atoms with Gasteiger partial charge in [0.25, 0.3) is 0 Å². The van der Waals surface area contributed by atoms with Crippen LogP contribution in [0, 0.1) is 0 Å². The van der Waals surface area contributed by atoms with Gasteiger partial charge in [-0.15, -0.1) is 0 Å². The van der Waals surface area contributed by atoms with E-state index in [9.17, 15) is 4.79 Å². The molecule has 0 radical (unpaired) electrons. The average Bonchev–Trinajstić information content (AvgIpc) is 2.91. The molecule has 184 valence electrons. The smallest absolute Gasteiger partial charge is 0.303 e. The second-order valence-electron chi connectivity index (χ2n) is 8.54. The minimum atomic E-state index is -0.839. The van der Waals surface area contributed by atoms with Crippen molar-refractivity contribution < 1.29 is 24.1 Å². The van der Waals surface area contributed by atoms with Gasteiger partial charge in [-0.3, -0.25) is 4.79 Å². The van der Waals surface area contributed by atoms with Gasteiger partial charge in [-0.1, -0.05) is 78.9 Å². The maximum Gasteiger partial charge on any atom is 0.303 e. The van der Waals surface area contributed by atoms with Crippen LogP contribution in [0.3, 0.4) is 0 Å². The number of hydrogen-bond acceptors (Lipinski definition) is 4. The first-order chi connectivity index (χ1) is 17.6. The van der Waals surface area contributed by atoms with Crippen LogP contribution >= 0.6 is 0 Å². The quantitative estimate of drug-likeness (QED) is 0.235. The Hall–Kier alpha value is -4.25. The Morgan fingerprint density at radius 1 is 0.750 bits per heavy atom. The predicted molar refractivity (Wildman–Crippen MR) is 139 cm³/mol. The number of benzene rings is 4. The third-order valence-electron chi connectivity index (χ3n) is 5.79. The lowest BCUT2D eigenvalue weighted by atomic mass is 10.1. The number of ether oxygens (including phenoxy) is 3. The summed E-state index contributed by atoms with van der Waals surface area (Å²) in [5, 5.41) is 9.11. The Balaban J connectivity index is 1.41. The van der Waals surface area contributed by atoms with Crippen LogP contribution in [-0.4, -0.2) is 11.1 Å². The van der Waals surface area contributed by atoms with E-state index in [0.29, 0.717) is 31.1 Å². The minimum absolute atomic E-state index is 0.0387. The molecule has 0 saturated heterocycles. The van der Waals surface area contributed by atoms with Gasteiger partial charge in [0.2, 0.25) is 0 Å². The molecule has 0 aliphatic heterocycles. The minimum Gasteiger partial charge on any atom is -0.489 e. The molecule has 0 aliphatic rings. The highest BCUT2D eigenvalue weighted by molar-refractivity contribution is 5.67. The Bertz CT molecular complexity index is 1240. The molecule has 36 heavy (non-hydrogen) atoms. The normalized spacial score (nSPS) is 11.5. The van der Waals surface area contributed by atoms with Crippen molar-refractivity contribution >= 4 is 5.97 Å². The van der Waals surface area contributed by atoms with Gasteiger partial charge >= 0.3 is 5.97 Å². The third-order valence-corrected chi connectivity index (χ3v) is 5.79. The van der Waals surface area contributed by atoms with Crippen molar-refractivity contribution in [1.82, 2.24) is 0 Å². The molecule has 0 saturated carbocycles. The summed E-state index contributed by atoms with van der Waals surface area (Å²) in [6, 6.07) is 33.4. The molecule has 1 unspecified atom stereocenters. The molecule has 5 nitrogen and oxygen atoms in total. The first-order valence-corrected chi connectivity index (χ1v) is 12.0. The van der Waals surface area contributed by atoms with Crippen LogP contribution in [0.15, 0.2) is 103 Å². The summed E-state index contributed by atoms with van der Waals surface area (Å²) < 4.78 is 18.2. The Morgan fingerprint density at radius 2 is 1.33 bits per heavy atom. The van der Waals surface area contributed by atoms with Crippen LogP contribution in [-0.2, 0) is 24.4 Å². The van der Waals surface area contributed by atoms with Crippen LogP contribution in [0.1, 0.15) is 41.7 Å². The standard InChI is InChI=1S/C31H30O5/c1-23(26-12-16-28(17-13-26)34-21-24-8-4-2-5-9-24)36-29-18-14-27(15-19-31(32)33)30(20-29)35-22-25-10-6-3-7-11-25/h2-14,16-18,20,23H,15,19,21-22H2,1H3,(H,32,33). The number of carboxylic acids is 1. The lowest BCUT2D eigenvalue weighted by molar-refractivity contribution is -0.136. The molecule has 0 amide bonds. The summed E-state index contributed by atoms with van der Waals surface area (Å²) in [4.78, 5) is 11.1. The molecule has 5 heteroatoms. The second-order valence-corrected chi connectivity index (χ2v) is 8.54. The molecule has 1 N–H and O–H groups in total. The lowest BCUT2D eigenvalue weighted by Crippen LogP contribution is -2.05. The summed E-state index contributed by atoms with van der Waals surface area (Å²) in [5.41, 5.74) is 4.02. The van der Waals surface area contributed by atoms with Crippen LogP contribution < -0.4 is 14.2 Å². The molecule has 0 bridgehead atoms. The maximum atomic E-state index is 11.1. The van der Waals surface area contributed by atoms with E-state index in [4.69, 9.17) is 19.3 Å². The maximum absolute atomic E-state index is 11.1. The summed E-state index contributed by atoms with van der Waals surface area (Å²) in [6.45, 7) is 2.90. The molecule has 1 atom stereocenters. The van der Waals surface area contributed by atoms with Gasteiger partial charge in [-0.25, -0.2) is 0 Å². The second kappa shape index (κ2) is 12.5. The Labute approximate surface area is 211 Å². The Kier molecular flexibility index (Phi) is 8.60. The van der Waals surface area contributed by atoms with E-state index in [-0.39, 0.29) is 12.5 Å². The zero-order chi connectivity index (χ0) is 25.2. The first-order valence-electron chi connectivity index (χ1n) is 12.0. The number of rotatable bonds is 12. The van der Waals surface area contributed by atoms with E-state index in [2.05, 4.69) is 0 Å². The van der Waals surface area contributed by atoms with Crippen LogP contribution in [0.2, 0.25) is 0 Å². The van der Waals surface area contributed by atoms with Crippen LogP contribution in [0.25, 0.3) is 0 Å². The molecule has 4 aromatic carbocycles. The molecule has 0 fully saturated rings. The van der Waals surface area contributed by atoms with Gasteiger partial charge in [0.1, 0.15) is 36.6 Å². The average molecular weight is 483 g/mol. The van der Waals surface area contributed by atoms with E-state index in [0.717, 1.165) is 28.0 Å². The third kappa shape index (κ3) is 7.37. The van der Waals surface area contributed by atoms with E-state index in [1.165, 1.54) is 0 Å². The van der Waals surface area contributed by atoms with Crippen LogP contribution in [0.4, 0.5) is 0 Å². The largest absolute Gasteiger partial charge is 0.489 e. The van der Waals surface area contributed by atoms with E-state index < -0.39 is 5.97 Å². The topological polar surface area (TPSA) is 65.0 Å². The van der Waals surface area contributed by atoms with Crippen molar-refractivity contribution in [3.8, 4) is 17.2 Å². The molecule has 0 aromatic heterocycles. The van der Waals surface area contributed by atoms with E-state index in [1.54, 1.807) is 0 Å². The highest BCUT2D eigenvalue weighted by Gasteiger charge is 2.12. The van der Waals surface area contributed by atoms with Crippen molar-refractivity contribution in [3.05, 3.63) is 125 Å². The molecule has 4 aromatic rings. The molecule has 0 aliphatic carbocycles. The van der Waals surface area contributed by atoms with Crippen LogP contribution in [0.5, 0.6) is 17.2 Å². The number of carboxylic acid groups (broad SMARTS) is 1. The van der Waals surface area contributed by atoms with Gasteiger partial charge in [0, 0.05) is 12.5 Å². The number of aliphatic carboxylic acids is 1. The number of carbonyl (C=O) groups is 1. The van der Waals surface area contributed by atoms with Crippen molar-refractivity contribution in [2.45, 2.75) is 39.1 Å². The number of aryl methyl sites for hydroxylation is 1. The first kappa shape index (κ1) is 24.9. The van der Waals surface area contributed by atoms with Gasteiger partial charge in [-0.2, -0.15) is 0 Å². The SMILES string of the molecule is CC(Oc1ccc(CCC(=O)O)c(OCc2ccccc2)c1)c1ccc(OCc2ccccc2)cc1. The van der Waals surface area contributed by atoms with Gasteiger partial charge in [0.15, 0.2) is 0 Å². The van der Waals surface area contributed by atoms with Crippen molar-refractivity contribution in [2.24, 2.45) is 0 Å². The van der Waals surface area contributed by atoms with Crippen molar-refractivity contribution in [2.75, 3.05) is 0 Å².